The minimum Gasteiger partial charge on any atom is -0.494 e. The first-order valence-corrected chi connectivity index (χ1v) is 6.44. The van der Waals surface area contributed by atoms with Gasteiger partial charge in [-0.25, -0.2) is 4.98 Å². The molecule has 0 saturated carbocycles. The Hall–Kier alpha value is -2.43. The summed E-state index contributed by atoms with van der Waals surface area (Å²) in [5.74, 6) is 0.686. The summed E-state index contributed by atoms with van der Waals surface area (Å²) in [6.07, 6.45) is 4.53. The largest absolute Gasteiger partial charge is 0.494 e. The minimum absolute atomic E-state index is 0.146. The molecule has 0 aliphatic rings. The molecule has 20 heavy (non-hydrogen) atoms. The number of aromatic nitrogens is 2. The molecule has 0 unspecified atom stereocenters. The Bertz CT molecular complexity index is 555. The van der Waals surface area contributed by atoms with Gasteiger partial charge >= 0.3 is 0 Å². The monoisotopic (exact) mass is 271 g/mol. The summed E-state index contributed by atoms with van der Waals surface area (Å²) in [4.78, 5) is 21.6. The maximum Gasteiger partial charge on any atom is 0.274 e. The fourth-order valence-corrected chi connectivity index (χ4v) is 1.81. The third-order valence-corrected chi connectivity index (χ3v) is 2.78. The third-order valence-electron chi connectivity index (χ3n) is 2.78. The van der Waals surface area contributed by atoms with Gasteiger partial charge in [-0.05, 0) is 24.6 Å². The van der Waals surface area contributed by atoms with Gasteiger partial charge in [-0.1, -0.05) is 12.1 Å². The Morgan fingerprint density at radius 3 is 2.60 bits per heavy atom. The van der Waals surface area contributed by atoms with Crippen LogP contribution in [0.15, 0.2) is 42.9 Å². The lowest BCUT2D eigenvalue weighted by Crippen LogP contribution is -2.27. The minimum atomic E-state index is -0.146. The van der Waals surface area contributed by atoms with Crippen LogP contribution in [-0.4, -0.2) is 34.4 Å². The van der Waals surface area contributed by atoms with Crippen LogP contribution in [0.3, 0.4) is 0 Å². The van der Waals surface area contributed by atoms with Crippen LogP contribution in [0.4, 0.5) is 0 Å². The molecule has 0 spiro atoms. The van der Waals surface area contributed by atoms with Gasteiger partial charge in [-0.2, -0.15) is 0 Å². The summed E-state index contributed by atoms with van der Waals surface area (Å²) in [6.45, 7) is 3.10. The smallest absolute Gasteiger partial charge is 0.274 e. The van der Waals surface area contributed by atoms with E-state index in [-0.39, 0.29) is 5.91 Å². The lowest BCUT2D eigenvalue weighted by atomic mass is 10.2. The molecule has 0 atom stereocenters. The summed E-state index contributed by atoms with van der Waals surface area (Å²) >= 11 is 0. The Labute approximate surface area is 118 Å². The van der Waals surface area contributed by atoms with E-state index in [9.17, 15) is 4.79 Å². The van der Waals surface area contributed by atoms with Crippen LogP contribution in [0.5, 0.6) is 5.75 Å². The number of hydrogen-bond acceptors (Lipinski definition) is 4. The third kappa shape index (κ3) is 3.54. The lowest BCUT2D eigenvalue weighted by Gasteiger charge is -2.16. The molecule has 0 saturated heterocycles. The van der Waals surface area contributed by atoms with E-state index in [2.05, 4.69) is 9.97 Å². The Kier molecular flexibility index (Phi) is 4.65. The van der Waals surface area contributed by atoms with Crippen molar-refractivity contribution in [2.24, 2.45) is 0 Å². The number of amides is 1. The molecule has 2 rings (SSSR count). The van der Waals surface area contributed by atoms with Crippen molar-refractivity contribution in [2.45, 2.75) is 13.5 Å². The molecule has 104 valence electrons. The normalized spacial score (nSPS) is 10.1. The van der Waals surface area contributed by atoms with Crippen LogP contribution in [0.1, 0.15) is 23.0 Å². The van der Waals surface area contributed by atoms with Gasteiger partial charge < -0.3 is 9.64 Å². The number of carbonyl (C=O) groups is 1. The average Bonchev–Trinajstić information content (AvgIpc) is 2.49. The predicted molar refractivity (Wildman–Crippen MR) is 75.4 cm³/mol. The summed E-state index contributed by atoms with van der Waals surface area (Å²) < 4.78 is 5.38. The van der Waals surface area contributed by atoms with E-state index in [0.29, 0.717) is 18.8 Å². The van der Waals surface area contributed by atoms with Crippen LogP contribution >= 0.6 is 0 Å². The van der Waals surface area contributed by atoms with E-state index in [1.165, 1.54) is 12.4 Å². The van der Waals surface area contributed by atoms with E-state index >= 15 is 0 Å². The number of benzene rings is 1. The predicted octanol–water partition coefficient (Wildman–Crippen LogP) is 2.15. The van der Waals surface area contributed by atoms with E-state index in [1.54, 1.807) is 18.1 Å². The average molecular weight is 271 g/mol. The molecule has 1 amide bonds. The molecule has 5 nitrogen and oxygen atoms in total. The van der Waals surface area contributed by atoms with Crippen molar-refractivity contribution in [3.05, 3.63) is 54.1 Å². The molecule has 1 aromatic heterocycles. The SMILES string of the molecule is CCOc1ccc(CN(C)C(=O)c2cnccn2)cc1. The highest BCUT2D eigenvalue weighted by Crippen LogP contribution is 2.13. The number of nitrogens with zero attached hydrogens (tertiary/aromatic N) is 3. The first-order chi connectivity index (χ1) is 9.70. The van der Waals surface area contributed by atoms with Crippen LogP contribution in [0.25, 0.3) is 0 Å². The standard InChI is InChI=1S/C15H17N3O2/c1-3-20-13-6-4-12(5-7-13)11-18(2)15(19)14-10-16-8-9-17-14/h4-10H,3,11H2,1-2H3. The highest BCUT2D eigenvalue weighted by molar-refractivity contribution is 5.91. The Morgan fingerprint density at radius 1 is 1.25 bits per heavy atom. The van der Waals surface area contributed by atoms with Crippen LogP contribution in [0.2, 0.25) is 0 Å². The summed E-state index contributed by atoms with van der Waals surface area (Å²) in [6, 6.07) is 7.70. The second kappa shape index (κ2) is 6.65. The van der Waals surface area contributed by atoms with Gasteiger partial charge in [0.1, 0.15) is 11.4 Å². The molecule has 0 bridgehead atoms. The van der Waals surface area contributed by atoms with Gasteiger partial charge in [0.25, 0.3) is 5.91 Å². The van der Waals surface area contributed by atoms with Crippen molar-refractivity contribution in [1.82, 2.24) is 14.9 Å². The van der Waals surface area contributed by atoms with E-state index < -0.39 is 0 Å². The molecular weight excluding hydrogens is 254 g/mol. The highest BCUT2D eigenvalue weighted by atomic mass is 16.5. The number of carbonyl (C=O) groups excluding carboxylic acids is 1. The van der Waals surface area contributed by atoms with Crippen molar-refractivity contribution in [2.75, 3.05) is 13.7 Å². The Morgan fingerprint density at radius 2 is 2.00 bits per heavy atom. The first kappa shape index (κ1) is 14.0. The van der Waals surface area contributed by atoms with E-state index in [1.807, 2.05) is 31.2 Å². The van der Waals surface area contributed by atoms with Crippen LogP contribution in [0, 0.1) is 0 Å². The van der Waals surface area contributed by atoms with Crippen molar-refractivity contribution in [3.63, 3.8) is 0 Å². The molecule has 1 aromatic carbocycles. The fraction of sp³-hybridized carbons (Fsp3) is 0.267. The van der Waals surface area contributed by atoms with Crippen molar-refractivity contribution < 1.29 is 9.53 Å². The molecule has 0 aliphatic carbocycles. The zero-order valence-corrected chi connectivity index (χ0v) is 11.6. The molecule has 0 fully saturated rings. The molecule has 0 N–H and O–H groups in total. The fourth-order valence-electron chi connectivity index (χ4n) is 1.81. The Balaban J connectivity index is 2.00. The van der Waals surface area contributed by atoms with E-state index in [4.69, 9.17) is 4.74 Å². The van der Waals surface area contributed by atoms with Crippen molar-refractivity contribution in [1.29, 1.82) is 0 Å². The van der Waals surface area contributed by atoms with Gasteiger partial charge in [0.05, 0.1) is 12.8 Å². The molecular formula is C15H17N3O2. The van der Waals surface area contributed by atoms with Gasteiger partial charge in [-0.15, -0.1) is 0 Å². The van der Waals surface area contributed by atoms with E-state index in [0.717, 1.165) is 11.3 Å². The summed E-state index contributed by atoms with van der Waals surface area (Å²) in [5, 5.41) is 0. The summed E-state index contributed by atoms with van der Waals surface area (Å²) in [5.41, 5.74) is 1.38. The van der Waals surface area contributed by atoms with Gasteiger partial charge in [0, 0.05) is 26.0 Å². The number of ether oxygens (including phenoxy) is 1. The molecule has 0 aliphatic heterocycles. The topological polar surface area (TPSA) is 55.3 Å². The second-order valence-corrected chi connectivity index (χ2v) is 4.33. The van der Waals surface area contributed by atoms with Gasteiger partial charge in [0.15, 0.2) is 0 Å². The van der Waals surface area contributed by atoms with Crippen LogP contribution < -0.4 is 4.74 Å². The highest BCUT2D eigenvalue weighted by Gasteiger charge is 2.13. The molecule has 5 heteroatoms. The quantitative estimate of drug-likeness (QED) is 0.836. The molecule has 1 heterocycles. The summed E-state index contributed by atoms with van der Waals surface area (Å²) in [7, 11) is 1.74. The molecule has 0 radical (unpaired) electrons. The second-order valence-electron chi connectivity index (χ2n) is 4.33. The first-order valence-electron chi connectivity index (χ1n) is 6.44. The lowest BCUT2D eigenvalue weighted by molar-refractivity contribution is 0.0779. The zero-order valence-electron chi connectivity index (χ0n) is 11.6. The number of hydrogen-bond donors (Lipinski definition) is 0. The van der Waals surface area contributed by atoms with Crippen molar-refractivity contribution in [3.8, 4) is 5.75 Å². The van der Waals surface area contributed by atoms with Gasteiger partial charge in [-0.3, -0.25) is 9.78 Å². The van der Waals surface area contributed by atoms with Gasteiger partial charge in [0.2, 0.25) is 0 Å². The zero-order chi connectivity index (χ0) is 14.4. The maximum absolute atomic E-state index is 12.1. The molecule has 2 aromatic rings. The van der Waals surface area contributed by atoms with Crippen LogP contribution in [-0.2, 0) is 6.54 Å². The van der Waals surface area contributed by atoms with Crippen molar-refractivity contribution >= 4 is 5.91 Å². The number of rotatable bonds is 5. The maximum atomic E-state index is 12.1.